The normalized spacial score (nSPS) is 11.6. The van der Waals surface area contributed by atoms with Crippen molar-refractivity contribution in [1.82, 2.24) is 4.98 Å². The molecule has 2 nitrogen and oxygen atoms in total. The Morgan fingerprint density at radius 2 is 2.00 bits per heavy atom. The number of ether oxygens (including phenoxy) is 1. The lowest BCUT2D eigenvalue weighted by atomic mass is 10.5. The van der Waals surface area contributed by atoms with Crippen molar-refractivity contribution >= 4 is 0 Å². The molecule has 11 heavy (non-hydrogen) atoms. The Hall–Kier alpha value is -1.13. The molecule has 62 valence electrons. The van der Waals surface area contributed by atoms with Crippen LogP contribution in [0.3, 0.4) is 0 Å². The van der Waals surface area contributed by atoms with Crippen LogP contribution in [0.15, 0.2) is 12.1 Å². The maximum atomic E-state index is 11.5. The SMILES string of the molecule is Cc1ccc(OC(F)(F)F)[nH]1. The molecular weight excluding hydrogens is 159 g/mol. The number of hydrogen-bond acceptors (Lipinski definition) is 1. The average molecular weight is 165 g/mol. The van der Waals surface area contributed by atoms with Crippen LogP contribution in [-0.4, -0.2) is 11.3 Å². The highest BCUT2D eigenvalue weighted by atomic mass is 19.4. The van der Waals surface area contributed by atoms with Gasteiger partial charge in [0, 0.05) is 11.8 Å². The van der Waals surface area contributed by atoms with Gasteiger partial charge in [-0.3, -0.25) is 0 Å². The lowest BCUT2D eigenvalue weighted by Gasteiger charge is -2.05. The number of halogens is 3. The zero-order valence-corrected chi connectivity index (χ0v) is 5.70. The summed E-state index contributed by atoms with van der Waals surface area (Å²) in [4.78, 5) is 2.39. The number of rotatable bonds is 1. The summed E-state index contributed by atoms with van der Waals surface area (Å²) in [6, 6.07) is 2.73. The molecule has 0 aliphatic rings. The van der Waals surface area contributed by atoms with Gasteiger partial charge in [0.1, 0.15) is 0 Å². The molecular formula is C6H6F3NO. The molecule has 0 saturated carbocycles. The molecule has 0 fully saturated rings. The van der Waals surface area contributed by atoms with E-state index in [2.05, 4.69) is 9.72 Å². The Morgan fingerprint density at radius 3 is 2.36 bits per heavy atom. The summed E-state index contributed by atoms with van der Waals surface area (Å²) in [5.74, 6) is -0.282. The molecule has 0 atom stereocenters. The summed E-state index contributed by atoms with van der Waals surface area (Å²) < 4.78 is 38.1. The van der Waals surface area contributed by atoms with E-state index in [1.54, 1.807) is 6.92 Å². The fourth-order valence-electron chi connectivity index (χ4n) is 0.663. The first-order valence-electron chi connectivity index (χ1n) is 2.89. The van der Waals surface area contributed by atoms with Gasteiger partial charge in [-0.25, -0.2) is 0 Å². The largest absolute Gasteiger partial charge is 0.574 e. The van der Waals surface area contributed by atoms with E-state index in [0.29, 0.717) is 5.69 Å². The summed E-state index contributed by atoms with van der Waals surface area (Å²) in [6.45, 7) is 1.64. The summed E-state index contributed by atoms with van der Waals surface area (Å²) in [5.41, 5.74) is 0.629. The number of aromatic nitrogens is 1. The first-order valence-corrected chi connectivity index (χ1v) is 2.89. The van der Waals surface area contributed by atoms with E-state index in [1.807, 2.05) is 0 Å². The van der Waals surface area contributed by atoms with Crippen molar-refractivity contribution in [2.45, 2.75) is 13.3 Å². The molecule has 1 heterocycles. The molecule has 0 unspecified atom stereocenters. The molecule has 0 saturated heterocycles. The minimum Gasteiger partial charge on any atom is -0.390 e. The molecule has 0 spiro atoms. The third kappa shape index (κ3) is 2.53. The molecule has 1 aromatic heterocycles. The standard InChI is InChI=1S/C6H6F3NO/c1-4-2-3-5(10-4)11-6(7,8)9/h2-3,10H,1H3. The highest BCUT2D eigenvalue weighted by Gasteiger charge is 2.31. The molecule has 1 N–H and O–H groups in total. The Labute approximate surface area is 61.0 Å². The fourth-order valence-corrected chi connectivity index (χ4v) is 0.663. The summed E-state index contributed by atoms with van der Waals surface area (Å²) in [7, 11) is 0. The van der Waals surface area contributed by atoms with Crippen LogP contribution in [-0.2, 0) is 0 Å². The highest BCUT2D eigenvalue weighted by molar-refractivity contribution is 5.16. The van der Waals surface area contributed by atoms with Gasteiger partial charge in [0.25, 0.3) is 0 Å². The minimum atomic E-state index is -4.61. The van der Waals surface area contributed by atoms with Crippen molar-refractivity contribution in [3.63, 3.8) is 0 Å². The topological polar surface area (TPSA) is 25.0 Å². The second-order valence-corrected chi connectivity index (χ2v) is 2.05. The van der Waals surface area contributed by atoms with Crippen LogP contribution >= 0.6 is 0 Å². The van der Waals surface area contributed by atoms with Crippen molar-refractivity contribution in [3.8, 4) is 5.88 Å². The van der Waals surface area contributed by atoms with Gasteiger partial charge in [0.15, 0.2) is 0 Å². The zero-order valence-electron chi connectivity index (χ0n) is 5.70. The average Bonchev–Trinajstić information content (AvgIpc) is 2.10. The number of nitrogens with one attached hydrogen (secondary N) is 1. The number of aryl methyl sites for hydroxylation is 1. The molecule has 0 aliphatic heterocycles. The summed E-state index contributed by atoms with van der Waals surface area (Å²) in [6.07, 6.45) is -4.61. The van der Waals surface area contributed by atoms with E-state index < -0.39 is 6.36 Å². The second kappa shape index (κ2) is 2.48. The van der Waals surface area contributed by atoms with Gasteiger partial charge in [-0.2, -0.15) is 0 Å². The summed E-state index contributed by atoms with van der Waals surface area (Å²) >= 11 is 0. The van der Waals surface area contributed by atoms with E-state index in [1.165, 1.54) is 12.1 Å². The van der Waals surface area contributed by atoms with Crippen molar-refractivity contribution in [2.24, 2.45) is 0 Å². The Morgan fingerprint density at radius 1 is 1.36 bits per heavy atom. The summed E-state index contributed by atoms with van der Waals surface area (Å²) in [5, 5.41) is 0. The van der Waals surface area contributed by atoms with Crippen molar-refractivity contribution in [1.29, 1.82) is 0 Å². The van der Waals surface area contributed by atoms with Crippen molar-refractivity contribution < 1.29 is 17.9 Å². The van der Waals surface area contributed by atoms with Crippen LogP contribution in [0.1, 0.15) is 5.69 Å². The van der Waals surface area contributed by atoms with Crippen LogP contribution in [0.2, 0.25) is 0 Å². The number of hydrogen-bond donors (Lipinski definition) is 1. The van der Waals surface area contributed by atoms with Gasteiger partial charge in [-0.15, -0.1) is 13.2 Å². The number of aromatic amines is 1. The van der Waals surface area contributed by atoms with Gasteiger partial charge in [0.05, 0.1) is 0 Å². The molecule has 0 aliphatic carbocycles. The van der Waals surface area contributed by atoms with Crippen molar-refractivity contribution in [3.05, 3.63) is 17.8 Å². The Balaban J connectivity index is 2.65. The molecule has 0 aromatic carbocycles. The lowest BCUT2D eigenvalue weighted by Crippen LogP contribution is -2.17. The molecule has 0 bridgehead atoms. The van der Waals surface area contributed by atoms with Crippen LogP contribution in [0.4, 0.5) is 13.2 Å². The zero-order chi connectivity index (χ0) is 8.48. The maximum Gasteiger partial charge on any atom is 0.574 e. The van der Waals surface area contributed by atoms with Gasteiger partial charge >= 0.3 is 6.36 Å². The molecule has 1 rings (SSSR count). The smallest absolute Gasteiger partial charge is 0.390 e. The van der Waals surface area contributed by atoms with Crippen molar-refractivity contribution in [2.75, 3.05) is 0 Å². The van der Waals surface area contributed by atoms with E-state index in [9.17, 15) is 13.2 Å². The van der Waals surface area contributed by atoms with Crippen LogP contribution in [0, 0.1) is 6.92 Å². The monoisotopic (exact) mass is 165 g/mol. The Kier molecular flexibility index (Phi) is 1.80. The Bertz CT molecular complexity index is 240. The third-order valence-electron chi connectivity index (χ3n) is 1.03. The second-order valence-electron chi connectivity index (χ2n) is 2.05. The van der Waals surface area contributed by atoms with Gasteiger partial charge in [0.2, 0.25) is 5.88 Å². The minimum absolute atomic E-state index is 0.282. The maximum absolute atomic E-state index is 11.5. The van der Waals surface area contributed by atoms with E-state index in [0.717, 1.165) is 0 Å². The van der Waals surface area contributed by atoms with Gasteiger partial charge < -0.3 is 9.72 Å². The van der Waals surface area contributed by atoms with Crippen LogP contribution in [0.25, 0.3) is 0 Å². The fraction of sp³-hybridized carbons (Fsp3) is 0.333. The van der Waals surface area contributed by atoms with Gasteiger partial charge in [-0.1, -0.05) is 0 Å². The predicted molar refractivity (Wildman–Crippen MR) is 32.2 cm³/mol. The van der Waals surface area contributed by atoms with Gasteiger partial charge in [-0.05, 0) is 13.0 Å². The molecule has 1 aromatic rings. The third-order valence-corrected chi connectivity index (χ3v) is 1.03. The number of alkyl halides is 3. The first-order chi connectivity index (χ1) is 4.97. The quantitative estimate of drug-likeness (QED) is 0.678. The molecule has 0 amide bonds. The van der Waals surface area contributed by atoms with E-state index >= 15 is 0 Å². The molecule has 5 heteroatoms. The van der Waals surface area contributed by atoms with E-state index in [-0.39, 0.29) is 5.88 Å². The lowest BCUT2D eigenvalue weighted by molar-refractivity contribution is -0.276. The first kappa shape index (κ1) is 7.97. The highest BCUT2D eigenvalue weighted by Crippen LogP contribution is 2.21. The molecule has 0 radical (unpaired) electrons. The van der Waals surface area contributed by atoms with E-state index in [4.69, 9.17) is 0 Å². The van der Waals surface area contributed by atoms with Crippen LogP contribution < -0.4 is 4.74 Å². The van der Waals surface area contributed by atoms with Crippen LogP contribution in [0.5, 0.6) is 5.88 Å². The predicted octanol–water partition coefficient (Wildman–Crippen LogP) is 2.22. The number of H-pyrrole nitrogens is 1.